The summed E-state index contributed by atoms with van der Waals surface area (Å²) in [5.41, 5.74) is 4.25. The Morgan fingerprint density at radius 3 is 1.93 bits per heavy atom. The van der Waals surface area contributed by atoms with Gasteiger partial charge in [-0.2, -0.15) is 0 Å². The molecule has 0 spiro atoms. The van der Waals surface area contributed by atoms with E-state index in [9.17, 15) is 19.2 Å². The number of aromatic nitrogens is 8. The van der Waals surface area contributed by atoms with Gasteiger partial charge in [-0.25, -0.2) is 38.9 Å². The summed E-state index contributed by atoms with van der Waals surface area (Å²) >= 11 is 1.38. The molecule has 10 rings (SSSR count). The summed E-state index contributed by atoms with van der Waals surface area (Å²) in [6, 6.07) is 10.6. The van der Waals surface area contributed by atoms with Crippen LogP contribution in [0.5, 0.6) is 5.75 Å². The minimum absolute atomic E-state index is 0.167. The van der Waals surface area contributed by atoms with Crippen molar-refractivity contribution in [3.05, 3.63) is 95.8 Å². The maximum absolute atomic E-state index is 17.0. The van der Waals surface area contributed by atoms with Crippen LogP contribution in [-0.4, -0.2) is 113 Å². The normalized spacial score (nSPS) is 18.3. The van der Waals surface area contributed by atoms with Crippen molar-refractivity contribution in [2.45, 2.75) is 83.8 Å². The summed E-state index contributed by atoms with van der Waals surface area (Å²) in [6.07, 6.45) is 9.19. The molecule has 0 bridgehead atoms. The number of likely N-dealkylation sites (tertiary alicyclic amines) is 2. The van der Waals surface area contributed by atoms with Gasteiger partial charge in [0.25, 0.3) is 0 Å². The fourth-order valence-electron chi connectivity index (χ4n) is 9.89. The fourth-order valence-corrected chi connectivity index (χ4v) is 10.8. The second kappa shape index (κ2) is 19.3. The van der Waals surface area contributed by atoms with Crippen LogP contribution in [0.15, 0.2) is 73.4 Å². The van der Waals surface area contributed by atoms with E-state index in [1.165, 1.54) is 31.6 Å². The molecule has 2 aromatic carbocycles. The number of hydrogen-bond acceptors (Lipinski definition) is 13. The predicted molar refractivity (Wildman–Crippen MR) is 260 cm³/mol. The van der Waals surface area contributed by atoms with Gasteiger partial charge in [0, 0.05) is 48.2 Å². The Bertz CT molecular complexity index is 3150. The van der Waals surface area contributed by atoms with Crippen molar-refractivity contribution in [1.29, 1.82) is 0 Å². The van der Waals surface area contributed by atoms with Crippen molar-refractivity contribution in [3.8, 4) is 50.4 Å². The molecule has 2 fully saturated rings. The number of alkyl carbamates (subject to hydrolysis) is 2. The zero-order chi connectivity index (χ0) is 49.7. The molecule has 3 aliphatic rings. The second-order valence-electron chi connectivity index (χ2n) is 18.6. The van der Waals surface area contributed by atoms with Crippen LogP contribution < -0.4 is 15.4 Å². The SMILES string of the molecule is COC(=O)N[C@H](C(=O)N1CCC[C@H]1c1ncc(-c2cc(F)c3c(c2)OC(c2cnc(-c4ncccn4)s2)n2c-3cc3cc(-c4cnc([C@@H]5CCCN5C(=O)[C@@H](NC(=O)OC)C(C)C)[nH]4)ccc32)[nH]1)C(C)C. The van der Waals surface area contributed by atoms with Gasteiger partial charge in [0.1, 0.15) is 35.3 Å². The summed E-state index contributed by atoms with van der Waals surface area (Å²) in [5, 5.41) is 6.79. The van der Waals surface area contributed by atoms with Gasteiger partial charge < -0.3 is 44.6 Å². The average Bonchev–Trinajstić information content (AvgIpc) is 4.24. The van der Waals surface area contributed by atoms with Gasteiger partial charge in [-0.15, -0.1) is 11.3 Å². The number of methoxy groups -OCH3 is 2. The molecule has 4 amide bonds. The quantitative estimate of drug-likeness (QED) is 0.0909. The van der Waals surface area contributed by atoms with Crippen molar-refractivity contribution < 1.29 is 37.8 Å². The molecule has 4 N–H and O–H groups in total. The summed E-state index contributed by atoms with van der Waals surface area (Å²) < 4.78 is 35.4. The predicted octanol–water partition coefficient (Wildman–Crippen LogP) is 8.17. The lowest BCUT2D eigenvalue weighted by Gasteiger charge is -2.30. The number of aromatic amines is 2. The number of rotatable bonds is 12. The largest absolute Gasteiger partial charge is 0.464 e. The van der Waals surface area contributed by atoms with E-state index in [-0.39, 0.29) is 41.3 Å². The number of halogens is 1. The van der Waals surface area contributed by atoms with Crippen LogP contribution in [0, 0.1) is 17.7 Å². The van der Waals surface area contributed by atoms with Gasteiger partial charge >= 0.3 is 12.2 Å². The van der Waals surface area contributed by atoms with Gasteiger partial charge in [0.2, 0.25) is 18.0 Å². The van der Waals surface area contributed by atoms with Gasteiger partial charge in [-0.1, -0.05) is 33.8 Å². The van der Waals surface area contributed by atoms with E-state index in [4.69, 9.17) is 24.2 Å². The third-order valence-electron chi connectivity index (χ3n) is 13.4. The van der Waals surface area contributed by atoms with Crippen LogP contribution >= 0.6 is 11.3 Å². The Balaban J connectivity index is 0.983. The summed E-state index contributed by atoms with van der Waals surface area (Å²) in [7, 11) is 2.53. The number of ether oxygens (including phenoxy) is 3. The molecule has 3 aliphatic heterocycles. The molecule has 2 saturated heterocycles. The van der Waals surface area contributed by atoms with Crippen molar-refractivity contribution in [1.82, 2.24) is 59.9 Å². The standard InChI is InChI=1S/C50H53FN12O7S/c1-25(2)40(59-49(66)68-5)46(64)61-16-7-10-34(61)42-54-22-31(57-42)27-12-13-33-29(18-27)20-36-39-30(51)19-28(21-37(39)70-48(63(33)36)38-24-56-45(71-38)44-52-14-9-15-53-44)32-23-55-43(58-32)35-11-8-17-62(35)47(65)41(26(3)4)60-50(67)69-6/h9,12-15,18-26,34-35,40-41,48H,7-8,10-11,16-17H2,1-6H3,(H,54,57)(H,55,58)(H,59,66)(H,60,67)/t34-,35-,40-,41-,48?/m0/s1. The molecule has 368 valence electrons. The van der Waals surface area contributed by atoms with E-state index in [2.05, 4.69) is 35.6 Å². The smallest absolute Gasteiger partial charge is 0.407 e. The third-order valence-corrected chi connectivity index (χ3v) is 14.5. The minimum Gasteiger partial charge on any atom is -0.464 e. The van der Waals surface area contributed by atoms with Crippen molar-refractivity contribution in [3.63, 3.8) is 0 Å². The monoisotopic (exact) mass is 984 g/mol. The number of nitrogens with zero attached hydrogens (tertiary/aromatic N) is 8. The van der Waals surface area contributed by atoms with Crippen LogP contribution in [0.25, 0.3) is 55.5 Å². The molecule has 8 heterocycles. The van der Waals surface area contributed by atoms with E-state index in [1.807, 2.05) is 56.5 Å². The van der Waals surface area contributed by atoms with Crippen LogP contribution in [0.2, 0.25) is 0 Å². The molecule has 71 heavy (non-hydrogen) atoms. The molecule has 19 nitrogen and oxygen atoms in total. The average molecular weight is 985 g/mol. The van der Waals surface area contributed by atoms with E-state index >= 15 is 4.39 Å². The first-order valence-corrected chi connectivity index (χ1v) is 24.4. The van der Waals surface area contributed by atoms with Gasteiger partial charge in [0.15, 0.2) is 10.8 Å². The first-order chi connectivity index (χ1) is 34.3. The highest BCUT2D eigenvalue weighted by atomic mass is 32.1. The number of amides is 4. The molecule has 0 radical (unpaired) electrons. The molecule has 7 aromatic rings. The number of fused-ring (bicyclic) bond motifs is 5. The van der Waals surface area contributed by atoms with Crippen LogP contribution in [0.4, 0.5) is 14.0 Å². The highest BCUT2D eigenvalue weighted by Gasteiger charge is 2.40. The molecular formula is C50H53FN12O7S. The van der Waals surface area contributed by atoms with Crippen LogP contribution in [0.1, 0.15) is 88.2 Å². The number of benzene rings is 2. The molecule has 5 atom stereocenters. The zero-order valence-electron chi connectivity index (χ0n) is 39.9. The molecule has 21 heteroatoms. The van der Waals surface area contributed by atoms with E-state index in [1.54, 1.807) is 52.9 Å². The van der Waals surface area contributed by atoms with Crippen molar-refractivity contribution in [2.75, 3.05) is 27.3 Å². The maximum atomic E-state index is 17.0. The lowest BCUT2D eigenvalue weighted by Crippen LogP contribution is -2.51. The minimum atomic E-state index is -0.790. The number of imidazole rings is 2. The van der Waals surface area contributed by atoms with Gasteiger partial charge in [0.05, 0.1) is 71.7 Å². The molecular weight excluding hydrogens is 932 g/mol. The summed E-state index contributed by atoms with van der Waals surface area (Å²) in [5.74, 6) is 0.658. The Morgan fingerprint density at radius 2 is 1.35 bits per heavy atom. The van der Waals surface area contributed by atoms with Gasteiger partial charge in [-0.05, 0) is 73.9 Å². The first kappa shape index (κ1) is 47.0. The van der Waals surface area contributed by atoms with E-state index in [0.29, 0.717) is 71.1 Å². The van der Waals surface area contributed by atoms with E-state index in [0.717, 1.165) is 39.9 Å². The zero-order valence-corrected chi connectivity index (χ0v) is 40.8. The Labute approximate surface area is 411 Å². The number of carbonyl (C=O) groups excluding carboxylic acids is 4. The fraction of sp³-hybridized carbons (Fsp3) is 0.380. The lowest BCUT2D eigenvalue weighted by atomic mass is 10.0. The van der Waals surface area contributed by atoms with Crippen LogP contribution in [-0.2, 0) is 19.1 Å². The maximum Gasteiger partial charge on any atom is 0.407 e. The molecule has 0 aliphatic carbocycles. The second-order valence-corrected chi connectivity index (χ2v) is 19.6. The Kier molecular flexibility index (Phi) is 12.8. The number of H-pyrrole nitrogens is 2. The summed E-state index contributed by atoms with van der Waals surface area (Å²) in [4.78, 5) is 86.0. The Hall–Kier alpha value is -7.68. The topological polar surface area (TPSA) is 227 Å². The van der Waals surface area contributed by atoms with Crippen molar-refractivity contribution in [2.24, 2.45) is 11.8 Å². The van der Waals surface area contributed by atoms with E-state index < -0.39 is 36.3 Å². The number of nitrogens with one attached hydrogen (secondary N) is 4. The van der Waals surface area contributed by atoms with Crippen LogP contribution in [0.3, 0.4) is 0 Å². The number of hydrogen-bond donors (Lipinski definition) is 4. The lowest BCUT2D eigenvalue weighted by molar-refractivity contribution is -0.136. The number of thiazole rings is 1. The first-order valence-electron chi connectivity index (χ1n) is 23.6. The Morgan fingerprint density at radius 1 is 0.761 bits per heavy atom. The highest BCUT2D eigenvalue weighted by Crippen LogP contribution is 2.48. The molecule has 1 unspecified atom stereocenters. The summed E-state index contributed by atoms with van der Waals surface area (Å²) in [6.45, 7) is 8.49. The molecule has 0 saturated carbocycles. The third kappa shape index (κ3) is 8.82. The highest BCUT2D eigenvalue weighted by molar-refractivity contribution is 7.15. The van der Waals surface area contributed by atoms with Gasteiger partial charge in [-0.3, -0.25) is 14.2 Å². The van der Waals surface area contributed by atoms with Crippen molar-refractivity contribution >= 4 is 46.2 Å². The number of carbonyl (C=O) groups is 4. The molecule has 5 aromatic heterocycles.